The standard InChI is InChI=1S/C33H32F2N4O3/c34-27-10-11-30(29(35)18-27)39-31(24-12-15-37(16-13-24)20-22-6-8-25(9-7-22)33(41)42)28(19-36-39)32(40)38-17-14-26(21-38)23-4-2-1-3-5-23/h1-11,18-19,24,26H,12-17,20-21H2,(H,41,42)/t26-/m0/s1. The lowest BCUT2D eigenvalue weighted by atomic mass is 9.90. The molecule has 1 amide bonds. The highest BCUT2D eigenvalue weighted by Crippen LogP contribution is 2.35. The Morgan fingerprint density at radius 1 is 0.881 bits per heavy atom. The number of aromatic nitrogens is 2. The van der Waals surface area contributed by atoms with E-state index < -0.39 is 17.6 Å². The first kappa shape index (κ1) is 27.8. The normalized spacial score (nSPS) is 18.0. The minimum absolute atomic E-state index is 0.0472. The van der Waals surface area contributed by atoms with Crippen LogP contribution in [0.2, 0.25) is 0 Å². The molecule has 0 unspecified atom stereocenters. The van der Waals surface area contributed by atoms with E-state index in [2.05, 4.69) is 22.1 Å². The number of nitrogens with zero attached hydrogens (tertiary/aromatic N) is 4. The maximum absolute atomic E-state index is 15.0. The van der Waals surface area contributed by atoms with E-state index in [4.69, 9.17) is 5.11 Å². The predicted octanol–water partition coefficient (Wildman–Crippen LogP) is 5.86. The van der Waals surface area contributed by atoms with Gasteiger partial charge in [0.15, 0.2) is 5.82 Å². The van der Waals surface area contributed by atoms with Crippen molar-refractivity contribution in [2.75, 3.05) is 26.2 Å². The average molecular weight is 571 g/mol. The van der Waals surface area contributed by atoms with Gasteiger partial charge in [0.05, 0.1) is 23.0 Å². The molecular weight excluding hydrogens is 538 g/mol. The van der Waals surface area contributed by atoms with E-state index >= 15 is 0 Å². The molecule has 2 aliphatic rings. The van der Waals surface area contributed by atoms with Crippen LogP contribution in [0.15, 0.2) is 79.0 Å². The molecule has 6 rings (SSSR count). The van der Waals surface area contributed by atoms with Gasteiger partial charge in [-0.2, -0.15) is 5.10 Å². The van der Waals surface area contributed by atoms with Crippen LogP contribution in [0.5, 0.6) is 0 Å². The Balaban J connectivity index is 1.23. The summed E-state index contributed by atoms with van der Waals surface area (Å²) in [6, 6.07) is 20.5. The largest absolute Gasteiger partial charge is 0.478 e. The van der Waals surface area contributed by atoms with Gasteiger partial charge in [0.2, 0.25) is 0 Å². The number of rotatable bonds is 7. The fourth-order valence-corrected chi connectivity index (χ4v) is 6.25. The van der Waals surface area contributed by atoms with Gasteiger partial charge >= 0.3 is 5.97 Å². The number of likely N-dealkylation sites (tertiary alicyclic amines) is 2. The number of carbonyl (C=O) groups is 2. The van der Waals surface area contributed by atoms with Gasteiger partial charge in [0.1, 0.15) is 11.5 Å². The molecule has 9 heteroatoms. The number of piperidine rings is 1. The van der Waals surface area contributed by atoms with Gasteiger partial charge in [-0.05, 0) is 67.7 Å². The molecule has 3 aromatic carbocycles. The van der Waals surface area contributed by atoms with Crippen LogP contribution in [0.4, 0.5) is 8.78 Å². The fraction of sp³-hybridized carbons (Fsp3) is 0.303. The van der Waals surface area contributed by atoms with Crippen molar-refractivity contribution >= 4 is 11.9 Å². The maximum Gasteiger partial charge on any atom is 0.335 e. The predicted molar refractivity (Wildman–Crippen MR) is 154 cm³/mol. The maximum atomic E-state index is 15.0. The zero-order valence-electron chi connectivity index (χ0n) is 23.1. The van der Waals surface area contributed by atoms with Crippen molar-refractivity contribution in [3.8, 4) is 5.69 Å². The van der Waals surface area contributed by atoms with Crippen molar-refractivity contribution in [1.82, 2.24) is 19.6 Å². The van der Waals surface area contributed by atoms with Gasteiger partial charge in [-0.3, -0.25) is 9.69 Å². The summed E-state index contributed by atoms with van der Waals surface area (Å²) in [4.78, 5) is 29.2. The Morgan fingerprint density at radius 2 is 1.60 bits per heavy atom. The second kappa shape index (κ2) is 11.9. The van der Waals surface area contributed by atoms with Crippen molar-refractivity contribution in [3.63, 3.8) is 0 Å². The molecule has 42 heavy (non-hydrogen) atoms. The second-order valence-corrected chi connectivity index (χ2v) is 11.2. The lowest BCUT2D eigenvalue weighted by Crippen LogP contribution is -2.34. The Kier molecular flexibility index (Phi) is 7.84. The van der Waals surface area contributed by atoms with Crippen LogP contribution in [-0.4, -0.2) is 62.7 Å². The van der Waals surface area contributed by atoms with Crippen molar-refractivity contribution in [1.29, 1.82) is 0 Å². The zero-order chi connectivity index (χ0) is 29.2. The number of hydrogen-bond donors (Lipinski definition) is 1. The highest BCUT2D eigenvalue weighted by atomic mass is 19.1. The summed E-state index contributed by atoms with van der Waals surface area (Å²) < 4.78 is 30.2. The minimum Gasteiger partial charge on any atom is -0.478 e. The van der Waals surface area contributed by atoms with Crippen LogP contribution >= 0.6 is 0 Å². The number of carbonyl (C=O) groups excluding carboxylic acids is 1. The fourth-order valence-electron chi connectivity index (χ4n) is 6.25. The quantitative estimate of drug-likeness (QED) is 0.301. The number of amides is 1. The van der Waals surface area contributed by atoms with Gasteiger partial charge in [-0.25, -0.2) is 18.3 Å². The van der Waals surface area contributed by atoms with E-state index in [1.54, 1.807) is 12.1 Å². The molecule has 0 bridgehead atoms. The number of carboxylic acids is 1. The van der Waals surface area contributed by atoms with Gasteiger partial charge in [0, 0.05) is 37.5 Å². The Bertz CT molecular complexity index is 1580. The highest BCUT2D eigenvalue weighted by molar-refractivity contribution is 5.95. The van der Waals surface area contributed by atoms with Crippen molar-refractivity contribution in [2.24, 2.45) is 0 Å². The van der Waals surface area contributed by atoms with E-state index in [0.29, 0.717) is 30.9 Å². The highest BCUT2D eigenvalue weighted by Gasteiger charge is 2.34. The molecule has 0 aliphatic carbocycles. The molecule has 1 aromatic heterocycles. The molecule has 1 N–H and O–H groups in total. The van der Waals surface area contributed by atoms with E-state index in [0.717, 1.165) is 44.0 Å². The number of hydrogen-bond acceptors (Lipinski definition) is 4. The van der Waals surface area contributed by atoms with Gasteiger partial charge < -0.3 is 10.0 Å². The summed E-state index contributed by atoms with van der Waals surface area (Å²) in [6.45, 7) is 3.41. The molecule has 2 saturated heterocycles. The average Bonchev–Trinajstić information content (AvgIpc) is 3.67. The summed E-state index contributed by atoms with van der Waals surface area (Å²) in [5.41, 5.74) is 3.74. The van der Waals surface area contributed by atoms with Crippen LogP contribution in [0, 0.1) is 11.6 Å². The van der Waals surface area contributed by atoms with Gasteiger partial charge in [-0.15, -0.1) is 0 Å². The summed E-state index contributed by atoms with van der Waals surface area (Å²) in [5, 5.41) is 13.6. The molecule has 4 aromatic rings. The second-order valence-electron chi connectivity index (χ2n) is 11.2. The van der Waals surface area contributed by atoms with Crippen LogP contribution in [0.3, 0.4) is 0 Å². The van der Waals surface area contributed by atoms with Crippen LogP contribution in [0.1, 0.15) is 68.6 Å². The Hall–Kier alpha value is -4.37. The van der Waals surface area contributed by atoms with E-state index in [1.165, 1.54) is 28.6 Å². The molecule has 3 heterocycles. The third kappa shape index (κ3) is 5.69. The smallest absolute Gasteiger partial charge is 0.335 e. The molecule has 0 spiro atoms. The summed E-state index contributed by atoms with van der Waals surface area (Å²) in [7, 11) is 0. The van der Waals surface area contributed by atoms with Gasteiger partial charge in [0.25, 0.3) is 5.91 Å². The molecule has 1 atom stereocenters. The zero-order valence-corrected chi connectivity index (χ0v) is 23.1. The van der Waals surface area contributed by atoms with E-state index in [9.17, 15) is 18.4 Å². The first-order valence-corrected chi connectivity index (χ1v) is 14.3. The summed E-state index contributed by atoms with van der Waals surface area (Å²) in [6.07, 6.45) is 3.87. The summed E-state index contributed by atoms with van der Waals surface area (Å²) in [5.74, 6) is -2.25. The molecule has 0 radical (unpaired) electrons. The number of halogens is 2. The lowest BCUT2D eigenvalue weighted by Gasteiger charge is -2.33. The molecule has 7 nitrogen and oxygen atoms in total. The third-order valence-corrected chi connectivity index (χ3v) is 8.50. The Labute approximate surface area is 243 Å². The molecule has 0 saturated carbocycles. The topological polar surface area (TPSA) is 78.7 Å². The minimum atomic E-state index is -0.952. The van der Waals surface area contributed by atoms with Crippen molar-refractivity contribution in [2.45, 2.75) is 37.6 Å². The monoisotopic (exact) mass is 570 g/mol. The van der Waals surface area contributed by atoms with Crippen LogP contribution in [-0.2, 0) is 6.54 Å². The number of benzene rings is 3. The van der Waals surface area contributed by atoms with E-state index in [-0.39, 0.29) is 29.0 Å². The van der Waals surface area contributed by atoms with Crippen molar-refractivity contribution < 1.29 is 23.5 Å². The molecular formula is C33H32F2N4O3. The molecule has 2 aliphatic heterocycles. The first-order chi connectivity index (χ1) is 20.4. The van der Waals surface area contributed by atoms with Crippen LogP contribution < -0.4 is 0 Å². The Morgan fingerprint density at radius 3 is 2.29 bits per heavy atom. The number of aromatic carboxylic acids is 1. The lowest BCUT2D eigenvalue weighted by molar-refractivity contribution is 0.0696. The van der Waals surface area contributed by atoms with E-state index in [1.807, 2.05) is 35.2 Å². The summed E-state index contributed by atoms with van der Waals surface area (Å²) >= 11 is 0. The third-order valence-electron chi connectivity index (χ3n) is 8.50. The van der Waals surface area contributed by atoms with Gasteiger partial charge in [-0.1, -0.05) is 42.5 Å². The number of carboxylic acid groups (broad SMARTS) is 1. The van der Waals surface area contributed by atoms with Crippen LogP contribution in [0.25, 0.3) is 5.69 Å². The molecule has 2 fully saturated rings. The SMILES string of the molecule is O=C(O)c1ccc(CN2CCC(c3c(C(=O)N4CC[C@H](c5ccccc5)C4)cnn3-c3ccc(F)cc3F)CC2)cc1. The van der Waals surface area contributed by atoms with Crippen molar-refractivity contribution in [3.05, 3.63) is 119 Å². The molecule has 216 valence electrons. The first-order valence-electron chi connectivity index (χ1n) is 14.3.